The summed E-state index contributed by atoms with van der Waals surface area (Å²) < 4.78 is 39.6. The molecule has 1 aromatic heterocycles. The van der Waals surface area contributed by atoms with Crippen molar-refractivity contribution in [3.63, 3.8) is 0 Å². The van der Waals surface area contributed by atoms with Gasteiger partial charge in [0.1, 0.15) is 0 Å². The standard InChI is InChI=1S/C21H22ClN3O5S/c1-29-18-7-6-15(12-19(18)30-2)31(27,28)24-10-8-14(9-11-24)25-13-23-20-16(21(25)26)4-3-5-17(20)22/h3-7,12-14H,8-11H2,1-2H3. The first-order chi connectivity index (χ1) is 14.9. The Bertz CT molecular complexity index is 1280. The van der Waals surface area contributed by atoms with Gasteiger partial charge in [0.15, 0.2) is 11.5 Å². The molecular formula is C21H22ClN3O5S. The molecule has 0 N–H and O–H groups in total. The molecule has 0 spiro atoms. The molecule has 1 aliphatic heterocycles. The van der Waals surface area contributed by atoms with Crippen LogP contribution in [0.5, 0.6) is 11.5 Å². The highest BCUT2D eigenvalue weighted by molar-refractivity contribution is 7.89. The van der Waals surface area contributed by atoms with Crippen LogP contribution < -0.4 is 15.0 Å². The molecule has 10 heteroatoms. The van der Waals surface area contributed by atoms with Gasteiger partial charge in [-0.3, -0.25) is 9.36 Å². The van der Waals surface area contributed by atoms with Crippen LogP contribution in [0.2, 0.25) is 5.02 Å². The van der Waals surface area contributed by atoms with E-state index in [1.54, 1.807) is 28.8 Å². The third kappa shape index (κ3) is 3.88. The van der Waals surface area contributed by atoms with Gasteiger partial charge in [0.05, 0.1) is 41.4 Å². The Morgan fingerprint density at radius 1 is 1.06 bits per heavy atom. The van der Waals surface area contributed by atoms with Crippen molar-refractivity contribution in [3.05, 3.63) is 58.1 Å². The second kappa shape index (κ2) is 8.49. The maximum Gasteiger partial charge on any atom is 0.261 e. The molecule has 31 heavy (non-hydrogen) atoms. The molecule has 2 heterocycles. The number of hydrogen-bond donors (Lipinski definition) is 0. The van der Waals surface area contributed by atoms with Crippen molar-refractivity contribution >= 4 is 32.5 Å². The van der Waals surface area contributed by atoms with Crippen LogP contribution in [0.25, 0.3) is 10.9 Å². The first-order valence-corrected chi connectivity index (χ1v) is 11.6. The molecule has 2 aromatic carbocycles. The number of ether oxygens (including phenoxy) is 2. The first kappa shape index (κ1) is 21.6. The summed E-state index contributed by atoms with van der Waals surface area (Å²) in [6, 6.07) is 9.51. The maximum atomic E-state index is 13.1. The van der Waals surface area contributed by atoms with Crippen molar-refractivity contribution in [3.8, 4) is 11.5 Å². The lowest BCUT2D eigenvalue weighted by Gasteiger charge is -2.32. The van der Waals surface area contributed by atoms with Crippen molar-refractivity contribution in [2.45, 2.75) is 23.8 Å². The van der Waals surface area contributed by atoms with Crippen LogP contribution in [0.1, 0.15) is 18.9 Å². The van der Waals surface area contributed by atoms with E-state index in [2.05, 4.69) is 4.98 Å². The molecule has 0 atom stereocenters. The summed E-state index contributed by atoms with van der Waals surface area (Å²) in [4.78, 5) is 17.4. The van der Waals surface area contributed by atoms with Gasteiger partial charge in [-0.15, -0.1) is 0 Å². The van der Waals surface area contributed by atoms with Crippen molar-refractivity contribution in [2.75, 3.05) is 27.3 Å². The minimum atomic E-state index is -3.70. The van der Waals surface area contributed by atoms with Gasteiger partial charge in [0.2, 0.25) is 10.0 Å². The smallest absolute Gasteiger partial charge is 0.261 e. The lowest BCUT2D eigenvalue weighted by atomic mass is 10.1. The van der Waals surface area contributed by atoms with E-state index in [1.165, 1.54) is 37.0 Å². The summed E-state index contributed by atoms with van der Waals surface area (Å²) in [5.74, 6) is 0.814. The Kier molecular flexibility index (Phi) is 5.92. The number of methoxy groups -OCH3 is 2. The SMILES string of the molecule is COc1ccc(S(=O)(=O)N2CCC(n3cnc4c(Cl)cccc4c3=O)CC2)cc1OC. The number of piperidine rings is 1. The molecular weight excluding hydrogens is 442 g/mol. The zero-order chi connectivity index (χ0) is 22.2. The minimum absolute atomic E-state index is 0.139. The highest BCUT2D eigenvalue weighted by Crippen LogP contribution is 2.32. The van der Waals surface area contributed by atoms with Gasteiger partial charge in [0.25, 0.3) is 5.56 Å². The second-order valence-electron chi connectivity index (χ2n) is 7.25. The summed E-state index contributed by atoms with van der Waals surface area (Å²) >= 11 is 6.13. The predicted octanol–water partition coefficient (Wildman–Crippen LogP) is 3.09. The van der Waals surface area contributed by atoms with Crippen molar-refractivity contribution in [2.24, 2.45) is 0 Å². The topological polar surface area (TPSA) is 90.7 Å². The Morgan fingerprint density at radius 3 is 2.45 bits per heavy atom. The van der Waals surface area contributed by atoms with Gasteiger partial charge >= 0.3 is 0 Å². The zero-order valence-electron chi connectivity index (χ0n) is 17.1. The minimum Gasteiger partial charge on any atom is -0.493 e. The van der Waals surface area contributed by atoms with Crippen LogP contribution in [-0.2, 0) is 10.0 Å². The Balaban J connectivity index is 1.56. The van der Waals surface area contributed by atoms with Gasteiger partial charge in [-0.1, -0.05) is 17.7 Å². The molecule has 4 rings (SSSR count). The van der Waals surface area contributed by atoms with E-state index >= 15 is 0 Å². The van der Waals surface area contributed by atoms with Crippen molar-refractivity contribution in [1.82, 2.24) is 13.9 Å². The van der Waals surface area contributed by atoms with Gasteiger partial charge in [0, 0.05) is 25.2 Å². The average molecular weight is 464 g/mol. The van der Waals surface area contributed by atoms with E-state index in [9.17, 15) is 13.2 Å². The molecule has 0 saturated carbocycles. The molecule has 1 fully saturated rings. The monoisotopic (exact) mass is 463 g/mol. The molecule has 0 amide bonds. The van der Waals surface area contributed by atoms with Crippen LogP contribution in [0, 0.1) is 0 Å². The molecule has 1 aliphatic rings. The van der Waals surface area contributed by atoms with E-state index in [4.69, 9.17) is 21.1 Å². The van der Waals surface area contributed by atoms with Gasteiger partial charge in [-0.2, -0.15) is 4.31 Å². The number of nitrogens with zero attached hydrogens (tertiary/aromatic N) is 3. The Hall–Kier alpha value is -2.62. The number of hydrogen-bond acceptors (Lipinski definition) is 6. The van der Waals surface area contributed by atoms with E-state index in [-0.39, 0.29) is 16.5 Å². The van der Waals surface area contributed by atoms with Crippen molar-refractivity contribution in [1.29, 1.82) is 0 Å². The third-order valence-corrected chi connectivity index (χ3v) is 7.77. The van der Waals surface area contributed by atoms with E-state index in [0.29, 0.717) is 53.4 Å². The Morgan fingerprint density at radius 2 is 1.77 bits per heavy atom. The number of benzene rings is 2. The first-order valence-electron chi connectivity index (χ1n) is 9.74. The summed E-state index contributed by atoms with van der Waals surface area (Å²) in [7, 11) is -0.743. The van der Waals surface area contributed by atoms with E-state index in [0.717, 1.165) is 0 Å². The predicted molar refractivity (Wildman–Crippen MR) is 118 cm³/mol. The van der Waals surface area contributed by atoms with E-state index in [1.807, 2.05) is 0 Å². The fourth-order valence-electron chi connectivity index (χ4n) is 3.88. The number of rotatable bonds is 5. The normalized spacial score (nSPS) is 15.8. The average Bonchev–Trinajstić information content (AvgIpc) is 2.79. The van der Waals surface area contributed by atoms with Gasteiger partial charge in [-0.25, -0.2) is 13.4 Å². The van der Waals surface area contributed by atoms with Crippen LogP contribution in [-0.4, -0.2) is 49.6 Å². The van der Waals surface area contributed by atoms with Crippen LogP contribution in [0.15, 0.2) is 52.4 Å². The maximum absolute atomic E-state index is 13.1. The van der Waals surface area contributed by atoms with Crippen molar-refractivity contribution < 1.29 is 17.9 Å². The summed E-state index contributed by atoms with van der Waals surface area (Å²) in [5, 5.41) is 0.882. The lowest BCUT2D eigenvalue weighted by molar-refractivity contribution is 0.269. The number of halogens is 1. The summed E-state index contributed by atoms with van der Waals surface area (Å²) in [6.07, 6.45) is 2.50. The second-order valence-corrected chi connectivity index (χ2v) is 9.59. The number of fused-ring (bicyclic) bond motifs is 1. The fourth-order valence-corrected chi connectivity index (χ4v) is 5.59. The highest BCUT2D eigenvalue weighted by Gasteiger charge is 2.31. The van der Waals surface area contributed by atoms with Crippen LogP contribution in [0.3, 0.4) is 0 Å². The molecule has 0 aliphatic carbocycles. The van der Waals surface area contributed by atoms with E-state index < -0.39 is 10.0 Å². The lowest BCUT2D eigenvalue weighted by Crippen LogP contribution is -2.40. The molecule has 164 valence electrons. The number of sulfonamides is 1. The summed E-state index contributed by atoms with van der Waals surface area (Å²) in [6.45, 7) is 0.586. The fraction of sp³-hybridized carbons (Fsp3) is 0.333. The largest absolute Gasteiger partial charge is 0.493 e. The molecule has 3 aromatic rings. The summed E-state index contributed by atoms with van der Waals surface area (Å²) in [5.41, 5.74) is 0.299. The molecule has 8 nitrogen and oxygen atoms in total. The molecule has 1 saturated heterocycles. The number of para-hydroxylation sites is 1. The molecule has 0 bridgehead atoms. The quantitative estimate of drug-likeness (QED) is 0.577. The van der Waals surface area contributed by atoms with Crippen LogP contribution >= 0.6 is 11.6 Å². The third-order valence-electron chi connectivity index (χ3n) is 5.57. The molecule has 0 unspecified atom stereocenters. The zero-order valence-corrected chi connectivity index (χ0v) is 18.7. The van der Waals surface area contributed by atoms with Gasteiger partial charge in [-0.05, 0) is 37.1 Å². The number of aromatic nitrogens is 2. The van der Waals surface area contributed by atoms with Gasteiger partial charge < -0.3 is 9.47 Å². The molecule has 0 radical (unpaired) electrons. The Labute approximate surface area is 185 Å². The van der Waals surface area contributed by atoms with Crippen LogP contribution in [0.4, 0.5) is 0 Å². The highest BCUT2D eigenvalue weighted by atomic mass is 35.5.